The lowest BCUT2D eigenvalue weighted by atomic mass is 10.1. The monoisotopic (exact) mass is 295 g/mol. The number of hydrogen-bond acceptors (Lipinski definition) is 3. The zero-order valence-electron chi connectivity index (χ0n) is 12.1. The van der Waals surface area contributed by atoms with E-state index in [0.29, 0.717) is 12.1 Å². The van der Waals surface area contributed by atoms with E-state index in [4.69, 9.17) is 4.74 Å². The van der Waals surface area contributed by atoms with E-state index in [0.717, 1.165) is 11.1 Å². The van der Waals surface area contributed by atoms with Crippen molar-refractivity contribution in [1.29, 1.82) is 0 Å². The Kier molecular flexibility index (Phi) is 5.49. The van der Waals surface area contributed by atoms with Crippen molar-refractivity contribution >= 4 is 11.9 Å². The molecule has 0 saturated carbocycles. The molecule has 0 radical (unpaired) electrons. The third-order valence-corrected chi connectivity index (χ3v) is 3.03. The van der Waals surface area contributed by atoms with E-state index < -0.39 is 0 Å². The van der Waals surface area contributed by atoms with Gasteiger partial charge in [0.25, 0.3) is 0 Å². The van der Waals surface area contributed by atoms with E-state index in [1.165, 1.54) is 6.08 Å². The maximum absolute atomic E-state index is 12.0. The second-order valence-corrected chi connectivity index (χ2v) is 4.68. The fourth-order valence-corrected chi connectivity index (χ4v) is 1.88. The van der Waals surface area contributed by atoms with Crippen LogP contribution in [-0.2, 0) is 22.7 Å². The normalized spacial score (nSPS) is 9.82. The molecule has 0 saturated heterocycles. The number of hydrogen-bond donors (Lipinski definition) is 1. The van der Waals surface area contributed by atoms with Gasteiger partial charge in [-0.3, -0.25) is 4.79 Å². The predicted molar refractivity (Wildman–Crippen MR) is 84.0 cm³/mol. The molecule has 0 fully saturated rings. The number of carbonyl (C=O) groups excluding carboxylic acids is 2. The number of esters is 1. The SMILES string of the molecule is C=CC(=O)NCc1cccc(C(=O)OCc2ccccc2)c1. The third kappa shape index (κ3) is 4.59. The van der Waals surface area contributed by atoms with E-state index in [2.05, 4.69) is 11.9 Å². The molecule has 0 aliphatic heterocycles. The molecule has 0 heterocycles. The van der Waals surface area contributed by atoms with Crippen LogP contribution in [0.5, 0.6) is 0 Å². The van der Waals surface area contributed by atoms with Crippen molar-refractivity contribution in [1.82, 2.24) is 5.32 Å². The highest BCUT2D eigenvalue weighted by atomic mass is 16.5. The van der Waals surface area contributed by atoms with Crippen LogP contribution in [0.3, 0.4) is 0 Å². The second-order valence-electron chi connectivity index (χ2n) is 4.68. The third-order valence-electron chi connectivity index (χ3n) is 3.03. The molecule has 0 unspecified atom stereocenters. The summed E-state index contributed by atoms with van der Waals surface area (Å²) in [5, 5.41) is 2.66. The van der Waals surface area contributed by atoms with Gasteiger partial charge in [0.2, 0.25) is 5.91 Å². The smallest absolute Gasteiger partial charge is 0.338 e. The van der Waals surface area contributed by atoms with Crippen LogP contribution in [0.15, 0.2) is 67.3 Å². The van der Waals surface area contributed by atoms with Gasteiger partial charge in [-0.2, -0.15) is 0 Å². The molecule has 4 nitrogen and oxygen atoms in total. The highest BCUT2D eigenvalue weighted by Gasteiger charge is 2.08. The van der Waals surface area contributed by atoms with Crippen LogP contribution in [0.2, 0.25) is 0 Å². The van der Waals surface area contributed by atoms with Gasteiger partial charge in [-0.1, -0.05) is 49.0 Å². The number of amides is 1. The summed E-state index contributed by atoms with van der Waals surface area (Å²) in [6.07, 6.45) is 1.21. The van der Waals surface area contributed by atoms with Crippen LogP contribution < -0.4 is 5.32 Å². The van der Waals surface area contributed by atoms with Crippen molar-refractivity contribution < 1.29 is 14.3 Å². The summed E-state index contributed by atoms with van der Waals surface area (Å²) in [5.41, 5.74) is 2.22. The van der Waals surface area contributed by atoms with Gasteiger partial charge in [-0.25, -0.2) is 4.79 Å². The quantitative estimate of drug-likeness (QED) is 0.658. The molecule has 4 heteroatoms. The van der Waals surface area contributed by atoms with Crippen LogP contribution in [0.1, 0.15) is 21.5 Å². The molecule has 0 aromatic heterocycles. The molecule has 1 N–H and O–H groups in total. The maximum atomic E-state index is 12.0. The van der Waals surface area contributed by atoms with Gasteiger partial charge in [0, 0.05) is 6.54 Å². The first kappa shape index (κ1) is 15.5. The first-order valence-electron chi connectivity index (χ1n) is 6.89. The van der Waals surface area contributed by atoms with E-state index in [9.17, 15) is 9.59 Å². The lowest BCUT2D eigenvalue weighted by Gasteiger charge is -2.07. The number of rotatable bonds is 6. The molecule has 22 heavy (non-hydrogen) atoms. The molecular formula is C18H17NO3. The van der Waals surface area contributed by atoms with Crippen LogP contribution in [-0.4, -0.2) is 11.9 Å². The van der Waals surface area contributed by atoms with Crippen molar-refractivity contribution in [2.24, 2.45) is 0 Å². The molecule has 2 aromatic carbocycles. The molecule has 0 atom stereocenters. The van der Waals surface area contributed by atoms with E-state index >= 15 is 0 Å². The van der Waals surface area contributed by atoms with Gasteiger partial charge in [0.05, 0.1) is 5.56 Å². The van der Waals surface area contributed by atoms with E-state index in [1.807, 2.05) is 36.4 Å². The van der Waals surface area contributed by atoms with Gasteiger partial charge < -0.3 is 10.1 Å². The Morgan fingerprint density at radius 3 is 2.50 bits per heavy atom. The number of nitrogens with one attached hydrogen (secondary N) is 1. The molecular weight excluding hydrogens is 278 g/mol. The molecule has 2 rings (SSSR count). The van der Waals surface area contributed by atoms with Gasteiger partial charge in [-0.05, 0) is 29.3 Å². The standard InChI is InChI=1S/C18H17NO3/c1-2-17(20)19-12-15-9-6-10-16(11-15)18(21)22-13-14-7-4-3-5-8-14/h2-11H,1,12-13H2,(H,19,20). The minimum Gasteiger partial charge on any atom is -0.457 e. The summed E-state index contributed by atoms with van der Waals surface area (Å²) in [7, 11) is 0. The van der Waals surface area contributed by atoms with Crippen molar-refractivity contribution in [2.75, 3.05) is 0 Å². The Balaban J connectivity index is 1.95. The average Bonchev–Trinajstić information content (AvgIpc) is 2.58. The van der Waals surface area contributed by atoms with Gasteiger partial charge in [0.15, 0.2) is 0 Å². The summed E-state index contributed by atoms with van der Waals surface area (Å²) in [6, 6.07) is 16.5. The summed E-state index contributed by atoms with van der Waals surface area (Å²) >= 11 is 0. The Hall–Kier alpha value is -2.88. The minimum atomic E-state index is -0.388. The van der Waals surface area contributed by atoms with Gasteiger partial charge in [-0.15, -0.1) is 0 Å². The van der Waals surface area contributed by atoms with E-state index in [-0.39, 0.29) is 18.5 Å². The summed E-state index contributed by atoms with van der Waals surface area (Å²) in [6.45, 7) is 3.96. The maximum Gasteiger partial charge on any atom is 0.338 e. The molecule has 2 aromatic rings. The van der Waals surface area contributed by atoms with Crippen LogP contribution in [0.4, 0.5) is 0 Å². The minimum absolute atomic E-state index is 0.233. The number of carbonyl (C=O) groups is 2. The highest BCUT2D eigenvalue weighted by molar-refractivity contribution is 5.89. The fourth-order valence-electron chi connectivity index (χ4n) is 1.88. The van der Waals surface area contributed by atoms with Crippen LogP contribution in [0.25, 0.3) is 0 Å². The predicted octanol–water partition coefficient (Wildman–Crippen LogP) is 2.85. The Bertz CT molecular complexity index is 665. The zero-order chi connectivity index (χ0) is 15.8. The molecule has 0 aliphatic carbocycles. The van der Waals surface area contributed by atoms with Crippen molar-refractivity contribution in [3.63, 3.8) is 0 Å². The fraction of sp³-hybridized carbons (Fsp3) is 0.111. The molecule has 0 aliphatic rings. The Labute approximate surface area is 129 Å². The van der Waals surface area contributed by atoms with Crippen LogP contribution in [0, 0.1) is 0 Å². The van der Waals surface area contributed by atoms with Crippen LogP contribution >= 0.6 is 0 Å². The zero-order valence-corrected chi connectivity index (χ0v) is 12.1. The van der Waals surface area contributed by atoms with Gasteiger partial charge in [0.1, 0.15) is 6.61 Å². The first-order chi connectivity index (χ1) is 10.7. The van der Waals surface area contributed by atoms with Crippen molar-refractivity contribution in [2.45, 2.75) is 13.2 Å². The lowest BCUT2D eigenvalue weighted by Crippen LogP contribution is -2.20. The molecule has 0 bridgehead atoms. The molecule has 112 valence electrons. The number of ether oxygens (including phenoxy) is 1. The molecule has 0 spiro atoms. The summed E-state index contributed by atoms with van der Waals surface area (Å²) < 4.78 is 5.27. The van der Waals surface area contributed by atoms with Crippen molar-refractivity contribution in [3.8, 4) is 0 Å². The lowest BCUT2D eigenvalue weighted by molar-refractivity contribution is -0.116. The summed E-state index contributed by atoms with van der Waals surface area (Å²) in [5.74, 6) is -0.641. The highest BCUT2D eigenvalue weighted by Crippen LogP contribution is 2.09. The van der Waals surface area contributed by atoms with E-state index in [1.54, 1.807) is 18.2 Å². The molecule has 1 amide bonds. The Morgan fingerprint density at radius 2 is 1.77 bits per heavy atom. The Morgan fingerprint density at radius 1 is 1.05 bits per heavy atom. The topological polar surface area (TPSA) is 55.4 Å². The van der Waals surface area contributed by atoms with Crippen molar-refractivity contribution in [3.05, 3.63) is 83.9 Å². The van der Waals surface area contributed by atoms with Gasteiger partial charge >= 0.3 is 5.97 Å². The largest absolute Gasteiger partial charge is 0.457 e. The average molecular weight is 295 g/mol. The summed E-state index contributed by atoms with van der Waals surface area (Å²) in [4.78, 5) is 23.2. The second kappa shape index (κ2) is 7.78. The number of benzene rings is 2. The first-order valence-corrected chi connectivity index (χ1v) is 6.89.